The zero-order valence-electron chi connectivity index (χ0n) is 21.7. The predicted molar refractivity (Wildman–Crippen MR) is 157 cm³/mol. The van der Waals surface area contributed by atoms with Crippen molar-refractivity contribution in [1.82, 2.24) is 24.8 Å². The van der Waals surface area contributed by atoms with Gasteiger partial charge >= 0.3 is 0 Å². The van der Waals surface area contributed by atoms with Crippen molar-refractivity contribution in [2.75, 3.05) is 5.73 Å². The molecule has 0 spiro atoms. The first-order valence-electron chi connectivity index (χ1n) is 12.8. The van der Waals surface area contributed by atoms with E-state index in [0.29, 0.717) is 45.8 Å². The lowest BCUT2D eigenvalue weighted by Crippen LogP contribution is -2.22. The topological polar surface area (TPSA) is 136 Å². The number of nitrogens with one attached hydrogen (secondary N) is 1. The number of amides is 1. The molecule has 0 aliphatic rings. The van der Waals surface area contributed by atoms with Crippen LogP contribution in [-0.4, -0.2) is 36.8 Å². The zero-order chi connectivity index (χ0) is 28.3. The van der Waals surface area contributed by atoms with Crippen molar-refractivity contribution in [3.8, 4) is 34.1 Å². The summed E-state index contributed by atoms with van der Waals surface area (Å²) in [6.07, 6.45) is 2.20. The number of nitrogen functional groups attached to an aromatic ring is 1. The fraction of sp³-hybridized carbons (Fsp3) is 0.0312. The van der Waals surface area contributed by atoms with E-state index in [0.717, 1.165) is 16.9 Å². The lowest BCUT2D eigenvalue weighted by molar-refractivity contribution is 0.0950. The molecule has 9 nitrogen and oxygen atoms in total. The second-order valence-electron chi connectivity index (χ2n) is 9.35. The first kappa shape index (κ1) is 25.4. The summed E-state index contributed by atoms with van der Waals surface area (Å²) in [7, 11) is 0. The Balaban J connectivity index is 1.36. The van der Waals surface area contributed by atoms with Crippen molar-refractivity contribution >= 4 is 29.2 Å². The quantitative estimate of drug-likeness (QED) is 0.237. The Morgan fingerprint density at radius 3 is 2.49 bits per heavy atom. The third-order valence-electron chi connectivity index (χ3n) is 6.71. The van der Waals surface area contributed by atoms with Gasteiger partial charge in [0.2, 0.25) is 0 Å². The summed E-state index contributed by atoms with van der Waals surface area (Å²) in [6, 6.07) is 29.1. The number of fused-ring (bicyclic) bond motifs is 1. The number of hydrogen-bond acceptors (Lipinski definition) is 7. The van der Waals surface area contributed by atoms with Crippen LogP contribution in [0.15, 0.2) is 103 Å². The number of benzene rings is 3. The van der Waals surface area contributed by atoms with Gasteiger partial charge in [0.1, 0.15) is 17.1 Å². The summed E-state index contributed by atoms with van der Waals surface area (Å²) in [5, 5.41) is 12.5. The number of imidazole rings is 1. The fourth-order valence-corrected chi connectivity index (χ4v) is 4.61. The highest BCUT2D eigenvalue weighted by atomic mass is 16.3. The minimum absolute atomic E-state index is 0.101. The number of phenols is 1. The number of phenolic OH excluding ortho intramolecular Hbond substituents is 1. The lowest BCUT2D eigenvalue weighted by Gasteiger charge is -2.12. The molecule has 0 fully saturated rings. The van der Waals surface area contributed by atoms with E-state index in [1.807, 2.05) is 65.2 Å². The van der Waals surface area contributed by atoms with Crippen LogP contribution in [0.4, 0.5) is 5.82 Å². The molecule has 3 aromatic carbocycles. The molecule has 0 saturated carbocycles. The standard InChI is InChI=1S/C32H24N6O3/c33-29-25(7-4-16-34-29)30-37-27-14-13-26(21-5-2-1-3-6-21)36-31(27)38(30)24-11-9-22(10-12-24)32(41)35-18-20-8-15-28(40)23(17-20)19-39/h1-17,19,40H,18H2,(H2,33,34)(H,35,41). The van der Waals surface area contributed by atoms with Crippen LogP contribution >= 0.6 is 0 Å². The first-order valence-corrected chi connectivity index (χ1v) is 12.8. The van der Waals surface area contributed by atoms with Crippen LogP contribution in [0.2, 0.25) is 0 Å². The van der Waals surface area contributed by atoms with Crippen LogP contribution in [-0.2, 0) is 6.54 Å². The van der Waals surface area contributed by atoms with Gasteiger partial charge < -0.3 is 16.2 Å². The molecule has 200 valence electrons. The van der Waals surface area contributed by atoms with Crippen LogP contribution in [0, 0.1) is 0 Å². The Bertz CT molecular complexity index is 1900. The van der Waals surface area contributed by atoms with Gasteiger partial charge in [-0.15, -0.1) is 0 Å². The van der Waals surface area contributed by atoms with E-state index in [4.69, 9.17) is 15.7 Å². The SMILES string of the molecule is Nc1ncccc1-c1nc2ccc(-c3ccccc3)nc2n1-c1ccc(C(=O)NCc2ccc(O)c(C=O)c2)cc1. The highest BCUT2D eigenvalue weighted by molar-refractivity contribution is 5.94. The maximum absolute atomic E-state index is 12.9. The summed E-state index contributed by atoms with van der Waals surface area (Å²) in [4.78, 5) is 38.1. The average Bonchev–Trinajstić information content (AvgIpc) is 3.39. The van der Waals surface area contributed by atoms with Crippen molar-refractivity contribution < 1.29 is 14.7 Å². The summed E-state index contributed by atoms with van der Waals surface area (Å²) in [5.74, 6) is 0.540. The maximum atomic E-state index is 12.9. The predicted octanol–water partition coefficient (Wildman–Crippen LogP) is 5.18. The Kier molecular flexibility index (Phi) is 6.67. The highest BCUT2D eigenvalue weighted by Crippen LogP contribution is 2.31. The second kappa shape index (κ2) is 10.7. The first-order chi connectivity index (χ1) is 20.0. The molecule has 6 rings (SSSR count). The third kappa shape index (κ3) is 4.99. The number of carbonyl (C=O) groups is 2. The number of rotatable bonds is 7. The second-order valence-corrected chi connectivity index (χ2v) is 9.35. The molecular weight excluding hydrogens is 516 g/mol. The number of aromatic nitrogens is 4. The molecule has 3 heterocycles. The minimum atomic E-state index is -0.283. The van der Waals surface area contributed by atoms with Gasteiger partial charge in [0, 0.05) is 29.6 Å². The molecule has 3 aromatic heterocycles. The molecule has 0 saturated heterocycles. The van der Waals surface area contributed by atoms with Gasteiger partial charge in [0.05, 0.1) is 16.8 Å². The lowest BCUT2D eigenvalue weighted by atomic mass is 10.1. The molecule has 0 radical (unpaired) electrons. The number of anilines is 1. The summed E-state index contributed by atoms with van der Waals surface area (Å²) >= 11 is 0. The Morgan fingerprint density at radius 2 is 1.73 bits per heavy atom. The Hall–Kier alpha value is -5.83. The number of nitrogens with two attached hydrogens (primary N) is 1. The number of pyridine rings is 2. The van der Waals surface area contributed by atoms with Crippen molar-refractivity contribution in [2.24, 2.45) is 0 Å². The third-order valence-corrected chi connectivity index (χ3v) is 6.71. The number of carbonyl (C=O) groups excluding carboxylic acids is 2. The molecule has 6 aromatic rings. The largest absolute Gasteiger partial charge is 0.507 e. The molecule has 0 atom stereocenters. The number of aromatic hydroxyl groups is 1. The normalized spacial score (nSPS) is 10.9. The van der Waals surface area contributed by atoms with E-state index in [1.165, 1.54) is 12.1 Å². The molecule has 9 heteroatoms. The smallest absolute Gasteiger partial charge is 0.251 e. The Labute approximate surface area is 235 Å². The van der Waals surface area contributed by atoms with E-state index in [-0.39, 0.29) is 23.8 Å². The fourth-order valence-electron chi connectivity index (χ4n) is 4.61. The van der Waals surface area contributed by atoms with Gasteiger partial charge in [-0.05, 0) is 66.2 Å². The van der Waals surface area contributed by atoms with Gasteiger partial charge in [0.15, 0.2) is 17.8 Å². The number of aldehydes is 1. The molecule has 0 aliphatic heterocycles. The van der Waals surface area contributed by atoms with E-state index in [2.05, 4.69) is 10.3 Å². The number of hydrogen-bond donors (Lipinski definition) is 3. The van der Waals surface area contributed by atoms with Crippen molar-refractivity contribution in [3.05, 3.63) is 120 Å². The molecule has 0 aliphatic carbocycles. The van der Waals surface area contributed by atoms with Crippen molar-refractivity contribution in [1.29, 1.82) is 0 Å². The van der Waals surface area contributed by atoms with Gasteiger partial charge in [-0.2, -0.15) is 0 Å². The van der Waals surface area contributed by atoms with E-state index in [9.17, 15) is 14.7 Å². The van der Waals surface area contributed by atoms with Crippen molar-refractivity contribution in [3.63, 3.8) is 0 Å². The molecule has 0 unspecified atom stereocenters. The summed E-state index contributed by atoms with van der Waals surface area (Å²) in [5.41, 5.74) is 12.1. The number of nitrogens with zero attached hydrogens (tertiary/aromatic N) is 4. The zero-order valence-corrected chi connectivity index (χ0v) is 21.7. The summed E-state index contributed by atoms with van der Waals surface area (Å²) in [6.45, 7) is 0.199. The van der Waals surface area contributed by atoms with E-state index >= 15 is 0 Å². The van der Waals surface area contributed by atoms with E-state index < -0.39 is 0 Å². The monoisotopic (exact) mass is 540 g/mol. The van der Waals surface area contributed by atoms with Gasteiger partial charge in [-0.25, -0.2) is 15.0 Å². The molecule has 1 amide bonds. The molecular formula is C32H24N6O3. The van der Waals surface area contributed by atoms with Gasteiger partial charge in [-0.1, -0.05) is 36.4 Å². The molecule has 0 bridgehead atoms. The van der Waals surface area contributed by atoms with Crippen LogP contribution < -0.4 is 11.1 Å². The van der Waals surface area contributed by atoms with Crippen molar-refractivity contribution in [2.45, 2.75) is 6.54 Å². The maximum Gasteiger partial charge on any atom is 0.251 e. The molecule has 4 N–H and O–H groups in total. The minimum Gasteiger partial charge on any atom is -0.507 e. The average molecular weight is 541 g/mol. The van der Waals surface area contributed by atoms with Crippen LogP contribution in [0.5, 0.6) is 5.75 Å². The van der Waals surface area contributed by atoms with Gasteiger partial charge in [0.25, 0.3) is 5.91 Å². The highest BCUT2D eigenvalue weighted by Gasteiger charge is 2.19. The van der Waals surface area contributed by atoms with Gasteiger partial charge in [-0.3, -0.25) is 14.2 Å². The van der Waals surface area contributed by atoms with Crippen LogP contribution in [0.3, 0.4) is 0 Å². The van der Waals surface area contributed by atoms with E-state index in [1.54, 1.807) is 30.5 Å². The Morgan fingerprint density at radius 1 is 0.927 bits per heavy atom. The van der Waals surface area contributed by atoms with Crippen LogP contribution in [0.1, 0.15) is 26.3 Å². The molecule has 41 heavy (non-hydrogen) atoms. The summed E-state index contributed by atoms with van der Waals surface area (Å²) < 4.78 is 1.91. The van der Waals surface area contributed by atoms with Crippen LogP contribution in [0.25, 0.3) is 39.5 Å².